The van der Waals surface area contributed by atoms with Crippen LogP contribution in [0, 0.1) is 0 Å². The molecule has 1 atom stereocenters. The minimum Gasteiger partial charge on any atom is -0.726 e. The fraction of sp³-hybridized carbons (Fsp3) is 0.467. The normalized spacial score (nSPS) is 12.8. The number of thiophene rings is 1. The van der Waals surface area contributed by atoms with Crippen LogP contribution in [-0.4, -0.2) is 17.5 Å². The van der Waals surface area contributed by atoms with Crippen molar-refractivity contribution in [2.24, 2.45) is 0 Å². The summed E-state index contributed by atoms with van der Waals surface area (Å²) in [4.78, 5) is 0.560. The second-order valence-electron chi connectivity index (χ2n) is 5.14. The predicted molar refractivity (Wildman–Crippen MR) is 87.9 cm³/mol. The van der Waals surface area contributed by atoms with Crippen LogP contribution in [0.2, 0.25) is 0 Å². The van der Waals surface area contributed by atoms with Gasteiger partial charge in [0.25, 0.3) is 0 Å². The molecule has 0 radical (unpaired) electrons. The summed E-state index contributed by atoms with van der Waals surface area (Å²) in [6.07, 6.45) is 4.63. The van der Waals surface area contributed by atoms with Gasteiger partial charge in [-0.1, -0.05) is 38.3 Å². The molecule has 0 aliphatic heterocycles. The molecule has 0 amide bonds. The van der Waals surface area contributed by atoms with Crippen molar-refractivity contribution in [1.29, 1.82) is 0 Å². The van der Waals surface area contributed by atoms with E-state index in [1.807, 2.05) is 0 Å². The van der Waals surface area contributed by atoms with Gasteiger partial charge in [0.2, 0.25) is 10.4 Å². The quantitative estimate of drug-likeness (QED) is 0.333. The number of hydrogen-bond acceptors (Lipinski definition) is 3. The van der Waals surface area contributed by atoms with Gasteiger partial charge in [-0.05, 0) is 18.6 Å². The number of aryl methyl sites for hydroxylation is 1. The van der Waals surface area contributed by atoms with Gasteiger partial charge in [0.1, 0.15) is 0 Å². The molecule has 0 aliphatic carbocycles. The molecule has 1 N–H and O–H groups in total. The fourth-order valence-electron chi connectivity index (χ4n) is 2.33. The minimum absolute atomic E-state index is 0.445. The maximum atomic E-state index is 13.2. The van der Waals surface area contributed by atoms with Gasteiger partial charge < -0.3 is 4.55 Å². The summed E-state index contributed by atoms with van der Waals surface area (Å²) in [6.45, 7) is 2.10. The second kappa shape index (κ2) is 8.80. The third-order valence-electron chi connectivity index (χ3n) is 3.23. The lowest BCUT2D eigenvalue weighted by Crippen LogP contribution is -1.98. The highest BCUT2D eigenvalue weighted by molar-refractivity contribution is 7.79. The Morgan fingerprint density at radius 2 is 1.75 bits per heavy atom. The minimum atomic E-state index is -4.92. The summed E-state index contributed by atoms with van der Waals surface area (Å²) in [7, 11) is -6.62. The van der Waals surface area contributed by atoms with Crippen LogP contribution < -0.4 is 0 Å². The molecule has 2 aromatic rings. The molecule has 2 rings (SSSR count). The van der Waals surface area contributed by atoms with Crippen LogP contribution in [0.3, 0.4) is 0 Å². The van der Waals surface area contributed by atoms with Crippen LogP contribution >= 0.6 is 10.5 Å². The summed E-state index contributed by atoms with van der Waals surface area (Å²) in [5.74, 6) is 0. The first kappa shape index (κ1) is 20.9. The van der Waals surface area contributed by atoms with Gasteiger partial charge in [-0.15, -0.1) is 13.2 Å². The first-order valence-electron chi connectivity index (χ1n) is 7.33. The lowest BCUT2D eigenvalue weighted by Gasteiger charge is -2.00. The lowest BCUT2D eigenvalue weighted by atomic mass is 10.1. The Hall–Kier alpha value is -1.16. The van der Waals surface area contributed by atoms with Gasteiger partial charge in [-0.3, -0.25) is 4.55 Å². The molecule has 0 fully saturated rings. The van der Waals surface area contributed by atoms with Crippen LogP contribution in [0.5, 0.6) is 0 Å². The lowest BCUT2D eigenvalue weighted by molar-refractivity contribution is -0.0867. The van der Waals surface area contributed by atoms with Crippen LogP contribution in [0.15, 0.2) is 30.3 Å². The van der Waals surface area contributed by atoms with E-state index in [0.29, 0.717) is 16.0 Å². The Bertz CT molecular complexity index is 744. The Morgan fingerprint density at radius 3 is 2.29 bits per heavy atom. The maximum Gasteiger partial charge on any atom is 0.600 e. The van der Waals surface area contributed by atoms with Gasteiger partial charge in [-0.2, -0.15) is 0 Å². The zero-order chi connectivity index (χ0) is 18.4. The van der Waals surface area contributed by atoms with Crippen molar-refractivity contribution >= 4 is 31.0 Å². The molecular formula is C15H19F3O4S2. The molecule has 0 aliphatic rings. The summed E-state index contributed by atoms with van der Waals surface area (Å²) < 4.78 is 73.0. The van der Waals surface area contributed by atoms with Crippen LogP contribution in [0.25, 0.3) is 10.1 Å². The van der Waals surface area contributed by atoms with E-state index in [9.17, 15) is 13.2 Å². The molecule has 1 unspecified atom stereocenters. The Morgan fingerprint density at radius 1 is 1.17 bits per heavy atom. The SMILES string of the molecule is CCCCCCc1cc2ccccc2[s+]1C(F)(F)F.O=S(=O)([O-])O. The van der Waals surface area contributed by atoms with Crippen molar-refractivity contribution in [3.63, 3.8) is 0 Å². The van der Waals surface area contributed by atoms with Gasteiger partial charge in [0.05, 0.1) is 10.5 Å². The molecule has 24 heavy (non-hydrogen) atoms. The van der Waals surface area contributed by atoms with Crippen molar-refractivity contribution in [3.8, 4) is 0 Å². The van der Waals surface area contributed by atoms with Crippen LogP contribution in [-0.2, 0) is 22.3 Å². The first-order valence-corrected chi connectivity index (χ1v) is 9.92. The average Bonchev–Trinajstić information content (AvgIpc) is 2.80. The second-order valence-corrected chi connectivity index (χ2v) is 8.03. The molecule has 0 saturated heterocycles. The van der Waals surface area contributed by atoms with Gasteiger partial charge in [-0.25, -0.2) is 8.42 Å². The predicted octanol–water partition coefficient (Wildman–Crippen LogP) is 5.19. The van der Waals surface area contributed by atoms with Crippen LogP contribution in [0.4, 0.5) is 13.2 Å². The van der Waals surface area contributed by atoms with E-state index in [0.717, 1.165) is 31.1 Å². The summed E-state index contributed by atoms with van der Waals surface area (Å²) >= 11 is 0. The maximum absolute atomic E-state index is 13.2. The van der Waals surface area contributed by atoms with Crippen molar-refractivity contribution in [3.05, 3.63) is 35.2 Å². The Kier molecular flexibility index (Phi) is 7.65. The highest BCUT2D eigenvalue weighted by Crippen LogP contribution is 2.51. The third-order valence-corrected chi connectivity index (χ3v) is 5.35. The number of halogens is 3. The smallest absolute Gasteiger partial charge is 0.600 e. The number of fused-ring (bicyclic) bond motifs is 1. The topological polar surface area (TPSA) is 77.4 Å². The molecule has 1 aromatic heterocycles. The fourth-order valence-corrected chi connectivity index (χ4v) is 4.33. The van der Waals surface area contributed by atoms with Crippen molar-refractivity contribution in [2.45, 2.75) is 44.5 Å². The number of unbranched alkanes of at least 4 members (excludes halogenated alkanes) is 3. The monoisotopic (exact) mass is 384 g/mol. The van der Waals surface area contributed by atoms with Crippen molar-refractivity contribution in [2.75, 3.05) is 0 Å². The van der Waals surface area contributed by atoms with Gasteiger partial charge in [0.15, 0.2) is 9.58 Å². The average molecular weight is 384 g/mol. The third kappa shape index (κ3) is 7.16. The number of alkyl halides is 3. The van der Waals surface area contributed by atoms with Gasteiger partial charge >= 0.3 is 5.51 Å². The molecule has 0 saturated carbocycles. The Labute approximate surface area is 141 Å². The number of hydrogen-bond donors (Lipinski definition) is 1. The summed E-state index contributed by atoms with van der Waals surface area (Å²) in [5.41, 5.74) is -4.15. The highest BCUT2D eigenvalue weighted by Gasteiger charge is 2.47. The van der Waals surface area contributed by atoms with Crippen molar-refractivity contribution in [1.82, 2.24) is 0 Å². The highest BCUT2D eigenvalue weighted by atomic mass is 32.3. The zero-order valence-electron chi connectivity index (χ0n) is 13.0. The van der Waals surface area contributed by atoms with E-state index >= 15 is 0 Å². The zero-order valence-corrected chi connectivity index (χ0v) is 14.7. The molecule has 0 bridgehead atoms. The van der Waals surface area contributed by atoms with Crippen molar-refractivity contribution < 1.29 is 30.7 Å². The molecule has 1 aromatic carbocycles. The number of benzene rings is 1. The molecule has 9 heteroatoms. The van der Waals surface area contributed by atoms with E-state index in [4.69, 9.17) is 17.5 Å². The molecule has 4 nitrogen and oxygen atoms in total. The van der Waals surface area contributed by atoms with Crippen LogP contribution in [0.1, 0.15) is 37.5 Å². The molecule has 136 valence electrons. The van der Waals surface area contributed by atoms with E-state index < -0.39 is 26.4 Å². The standard InChI is InChI=1S/C15H18F3S.H2O4S/c1-2-3-4-5-9-13-11-12-8-6-7-10-14(12)19(13)15(16,17)18;1-5(2,3)4/h6-8,10-11H,2-5,9H2,1H3;(H2,1,2,3,4)/q+1;/p-1. The molecule has 1 heterocycles. The van der Waals surface area contributed by atoms with E-state index in [-0.39, 0.29) is 0 Å². The molecule has 0 spiro atoms. The van der Waals surface area contributed by atoms with E-state index in [1.165, 1.54) is 0 Å². The summed E-state index contributed by atoms with van der Waals surface area (Å²) in [6, 6.07) is 8.63. The van der Waals surface area contributed by atoms with E-state index in [2.05, 4.69) is 6.92 Å². The Balaban J connectivity index is 0.000000505. The first-order chi connectivity index (χ1) is 11.0. The van der Waals surface area contributed by atoms with Gasteiger partial charge in [0, 0.05) is 17.9 Å². The number of rotatable bonds is 5. The molecular weight excluding hydrogens is 365 g/mol. The summed E-state index contributed by atoms with van der Waals surface area (Å²) in [5, 5.41) is 0.744. The largest absolute Gasteiger partial charge is 0.726 e. The van der Waals surface area contributed by atoms with E-state index in [1.54, 1.807) is 30.3 Å².